The summed E-state index contributed by atoms with van der Waals surface area (Å²) in [7, 11) is 2.08. The summed E-state index contributed by atoms with van der Waals surface area (Å²) in [6.07, 6.45) is 4.57. The number of rotatable bonds is 3. The minimum atomic E-state index is -0.437. The van der Waals surface area contributed by atoms with Gasteiger partial charge in [-0.05, 0) is 31.7 Å². The van der Waals surface area contributed by atoms with Gasteiger partial charge in [0.05, 0.1) is 0 Å². The summed E-state index contributed by atoms with van der Waals surface area (Å²) < 4.78 is 6.06. The second-order valence-corrected chi connectivity index (χ2v) is 5.19. The van der Waals surface area contributed by atoms with Crippen LogP contribution in [0.4, 0.5) is 0 Å². The number of carbonyl (C=O) groups excluding carboxylic acids is 1. The molecule has 1 aromatic carbocycles. The van der Waals surface area contributed by atoms with Gasteiger partial charge < -0.3 is 15.4 Å². The van der Waals surface area contributed by atoms with Gasteiger partial charge >= 0.3 is 0 Å². The fourth-order valence-corrected chi connectivity index (χ4v) is 2.65. The normalized spacial score (nSPS) is 19.4. The maximum absolute atomic E-state index is 11.5. The predicted molar refractivity (Wildman–Crippen MR) is 76.8 cm³/mol. The fraction of sp³-hybridized carbons (Fsp3) is 0.333. The van der Waals surface area contributed by atoms with Gasteiger partial charge in [-0.1, -0.05) is 0 Å². The van der Waals surface area contributed by atoms with Crippen LogP contribution < -0.4 is 10.5 Å². The van der Waals surface area contributed by atoms with E-state index in [0.717, 1.165) is 36.0 Å². The van der Waals surface area contributed by atoms with Gasteiger partial charge in [-0.25, -0.2) is 0 Å². The topological polar surface area (TPSA) is 68.5 Å². The van der Waals surface area contributed by atoms with Crippen molar-refractivity contribution in [2.45, 2.75) is 12.5 Å². The van der Waals surface area contributed by atoms with Crippen LogP contribution in [0.1, 0.15) is 16.8 Å². The molecule has 5 nitrogen and oxygen atoms in total. The molecule has 1 unspecified atom stereocenters. The van der Waals surface area contributed by atoms with E-state index in [9.17, 15) is 4.79 Å². The van der Waals surface area contributed by atoms with Crippen LogP contribution >= 0.6 is 0 Å². The van der Waals surface area contributed by atoms with Crippen molar-refractivity contribution in [1.29, 1.82) is 0 Å². The molecule has 2 N–H and O–H groups in total. The highest BCUT2D eigenvalue weighted by molar-refractivity contribution is 6.07. The third-order valence-corrected chi connectivity index (χ3v) is 3.69. The molecule has 0 bridgehead atoms. The number of ether oxygens (including phenoxy) is 1. The molecule has 1 saturated heterocycles. The molecule has 20 heavy (non-hydrogen) atoms. The average Bonchev–Trinajstić information content (AvgIpc) is 2.84. The van der Waals surface area contributed by atoms with Crippen LogP contribution in [0.2, 0.25) is 0 Å². The van der Waals surface area contributed by atoms with E-state index in [-0.39, 0.29) is 6.10 Å². The Labute approximate surface area is 117 Å². The number of aromatic nitrogens is 1. The summed E-state index contributed by atoms with van der Waals surface area (Å²) in [5.41, 5.74) is 5.90. The minimum absolute atomic E-state index is 0.183. The molecule has 1 fully saturated rings. The van der Waals surface area contributed by atoms with E-state index in [1.54, 1.807) is 24.5 Å². The molecule has 104 valence electrons. The summed E-state index contributed by atoms with van der Waals surface area (Å²) in [6, 6.07) is 5.32. The van der Waals surface area contributed by atoms with Crippen LogP contribution in [0.3, 0.4) is 0 Å². The van der Waals surface area contributed by atoms with E-state index in [1.165, 1.54) is 0 Å². The van der Waals surface area contributed by atoms with Crippen molar-refractivity contribution >= 4 is 16.7 Å². The number of nitrogens with two attached hydrogens (primary N) is 1. The Hall–Kier alpha value is -2.14. The Morgan fingerprint density at radius 2 is 2.25 bits per heavy atom. The molecular formula is C15H17N3O2. The van der Waals surface area contributed by atoms with Gasteiger partial charge in [0, 0.05) is 41.8 Å². The molecule has 1 amide bonds. The van der Waals surface area contributed by atoms with Crippen LogP contribution in [-0.4, -0.2) is 42.0 Å². The van der Waals surface area contributed by atoms with Crippen molar-refractivity contribution in [3.8, 4) is 5.75 Å². The highest BCUT2D eigenvalue weighted by Gasteiger charge is 2.22. The quantitative estimate of drug-likeness (QED) is 0.916. The Morgan fingerprint density at radius 1 is 1.40 bits per heavy atom. The molecule has 3 rings (SSSR count). The smallest absolute Gasteiger partial charge is 0.249 e. The number of benzene rings is 1. The summed E-state index contributed by atoms with van der Waals surface area (Å²) in [4.78, 5) is 17.8. The number of fused-ring (bicyclic) bond motifs is 1. The lowest BCUT2D eigenvalue weighted by Gasteiger charge is -2.16. The molecule has 1 aliphatic rings. The van der Waals surface area contributed by atoms with Gasteiger partial charge in [0.25, 0.3) is 0 Å². The lowest BCUT2D eigenvalue weighted by atomic mass is 10.1. The average molecular weight is 271 g/mol. The first-order valence-corrected chi connectivity index (χ1v) is 6.67. The zero-order valence-corrected chi connectivity index (χ0v) is 11.4. The summed E-state index contributed by atoms with van der Waals surface area (Å²) in [6.45, 7) is 1.96. The van der Waals surface area contributed by atoms with Crippen LogP contribution in [0, 0.1) is 0 Å². The molecule has 5 heteroatoms. The van der Waals surface area contributed by atoms with Gasteiger partial charge in [-0.2, -0.15) is 0 Å². The molecule has 0 spiro atoms. The van der Waals surface area contributed by atoms with Gasteiger partial charge in [0.15, 0.2) is 0 Å². The molecule has 2 heterocycles. The van der Waals surface area contributed by atoms with Crippen molar-refractivity contribution in [1.82, 2.24) is 9.88 Å². The minimum Gasteiger partial charge on any atom is -0.488 e. The summed E-state index contributed by atoms with van der Waals surface area (Å²) in [5.74, 6) is 0.326. The fourth-order valence-electron chi connectivity index (χ4n) is 2.65. The zero-order chi connectivity index (χ0) is 14.1. The Kier molecular flexibility index (Phi) is 3.28. The van der Waals surface area contributed by atoms with Gasteiger partial charge in [0.2, 0.25) is 5.91 Å². The van der Waals surface area contributed by atoms with Crippen molar-refractivity contribution < 1.29 is 9.53 Å². The summed E-state index contributed by atoms with van der Waals surface area (Å²) in [5, 5.41) is 1.62. The zero-order valence-electron chi connectivity index (χ0n) is 11.4. The highest BCUT2D eigenvalue weighted by Crippen LogP contribution is 2.29. The van der Waals surface area contributed by atoms with Gasteiger partial charge in [-0.3, -0.25) is 9.78 Å². The number of likely N-dealkylation sites (tertiary alicyclic amines) is 1. The third kappa shape index (κ3) is 2.32. The van der Waals surface area contributed by atoms with Crippen LogP contribution in [0.25, 0.3) is 10.8 Å². The number of hydrogen-bond donors (Lipinski definition) is 1. The van der Waals surface area contributed by atoms with Crippen molar-refractivity contribution in [2.24, 2.45) is 5.73 Å². The monoisotopic (exact) mass is 271 g/mol. The second-order valence-electron chi connectivity index (χ2n) is 5.19. The number of nitrogens with zero attached hydrogens (tertiary/aromatic N) is 2. The van der Waals surface area contributed by atoms with E-state index < -0.39 is 5.91 Å². The molecule has 0 saturated carbocycles. The van der Waals surface area contributed by atoms with Crippen LogP contribution in [-0.2, 0) is 0 Å². The Morgan fingerprint density at radius 3 is 2.95 bits per heavy atom. The lowest BCUT2D eigenvalue weighted by Crippen LogP contribution is -2.21. The first-order valence-electron chi connectivity index (χ1n) is 6.67. The number of primary amides is 1. The van der Waals surface area contributed by atoms with Crippen LogP contribution in [0.15, 0.2) is 30.6 Å². The first kappa shape index (κ1) is 12.9. The molecule has 1 atom stereocenters. The highest BCUT2D eigenvalue weighted by atomic mass is 16.5. The summed E-state index contributed by atoms with van der Waals surface area (Å²) >= 11 is 0. The van der Waals surface area contributed by atoms with E-state index in [4.69, 9.17) is 10.5 Å². The number of carbonyl (C=O) groups is 1. The van der Waals surface area contributed by atoms with Crippen molar-refractivity contribution in [3.05, 3.63) is 36.2 Å². The van der Waals surface area contributed by atoms with Crippen molar-refractivity contribution in [3.63, 3.8) is 0 Å². The maximum Gasteiger partial charge on any atom is 0.249 e. The molecule has 1 aromatic heterocycles. The molecule has 0 aliphatic carbocycles. The first-order chi connectivity index (χ1) is 9.65. The van der Waals surface area contributed by atoms with Gasteiger partial charge in [-0.15, -0.1) is 0 Å². The molecule has 2 aromatic rings. The largest absolute Gasteiger partial charge is 0.488 e. The standard InChI is InChI=1S/C15H17N3O2/c1-18-7-5-10(9-18)20-14-3-2-12(15(16)19)11-4-6-17-8-13(11)14/h2-4,6,8,10H,5,7,9H2,1H3,(H2,16,19). The van der Waals surface area contributed by atoms with Gasteiger partial charge in [0.1, 0.15) is 11.9 Å². The van der Waals surface area contributed by atoms with Crippen LogP contribution in [0.5, 0.6) is 5.75 Å². The maximum atomic E-state index is 11.5. The number of hydrogen-bond acceptors (Lipinski definition) is 4. The number of pyridine rings is 1. The van der Waals surface area contributed by atoms with E-state index in [0.29, 0.717) is 5.56 Å². The van der Waals surface area contributed by atoms with Crippen molar-refractivity contribution in [2.75, 3.05) is 20.1 Å². The van der Waals surface area contributed by atoms with E-state index in [2.05, 4.69) is 16.9 Å². The molecule has 0 radical (unpaired) electrons. The predicted octanol–water partition coefficient (Wildman–Crippen LogP) is 1.42. The third-order valence-electron chi connectivity index (χ3n) is 3.69. The second kappa shape index (κ2) is 5.09. The molecule has 1 aliphatic heterocycles. The van der Waals surface area contributed by atoms with E-state index >= 15 is 0 Å². The number of likely N-dealkylation sites (N-methyl/N-ethyl adjacent to an activating group) is 1. The SMILES string of the molecule is CN1CCC(Oc2ccc(C(N)=O)c3ccncc23)C1. The molecular weight excluding hydrogens is 254 g/mol. The Bertz CT molecular complexity index is 657. The van der Waals surface area contributed by atoms with E-state index in [1.807, 2.05) is 6.07 Å². The Balaban J connectivity index is 2.00. The lowest BCUT2D eigenvalue weighted by molar-refractivity contribution is 0.100. The number of amides is 1.